The first-order valence-corrected chi connectivity index (χ1v) is 8.78. The normalized spacial score (nSPS) is 12.3. The highest BCUT2D eigenvalue weighted by molar-refractivity contribution is 14.0. The molecule has 2 N–H and O–H groups in total. The third-order valence-corrected chi connectivity index (χ3v) is 4.33. The number of ether oxygens (including phenoxy) is 2. The minimum absolute atomic E-state index is 0. The van der Waals surface area contributed by atoms with Crippen molar-refractivity contribution in [2.45, 2.75) is 12.6 Å². The molecular formula is C19H31IN6O2. The summed E-state index contributed by atoms with van der Waals surface area (Å²) in [6.07, 6.45) is 3.93. The molecule has 156 valence electrons. The van der Waals surface area contributed by atoms with Crippen LogP contribution in [0, 0.1) is 0 Å². The third kappa shape index (κ3) is 6.55. The van der Waals surface area contributed by atoms with Gasteiger partial charge in [0.25, 0.3) is 0 Å². The Morgan fingerprint density at radius 1 is 1.21 bits per heavy atom. The zero-order valence-electron chi connectivity index (χ0n) is 17.4. The molecule has 1 aromatic heterocycles. The lowest BCUT2D eigenvalue weighted by molar-refractivity contribution is 0.298. The average Bonchev–Trinajstić information content (AvgIpc) is 3.09. The van der Waals surface area contributed by atoms with E-state index >= 15 is 0 Å². The number of nitrogens with one attached hydrogen (secondary N) is 2. The van der Waals surface area contributed by atoms with Crippen molar-refractivity contribution < 1.29 is 9.47 Å². The van der Waals surface area contributed by atoms with E-state index < -0.39 is 0 Å². The van der Waals surface area contributed by atoms with E-state index in [9.17, 15) is 0 Å². The van der Waals surface area contributed by atoms with Crippen molar-refractivity contribution in [3.63, 3.8) is 0 Å². The van der Waals surface area contributed by atoms with Gasteiger partial charge in [0.05, 0.1) is 26.5 Å². The number of aliphatic imine (C=N–C) groups is 1. The van der Waals surface area contributed by atoms with Gasteiger partial charge >= 0.3 is 0 Å². The molecule has 8 nitrogen and oxygen atoms in total. The van der Waals surface area contributed by atoms with Crippen molar-refractivity contribution >= 4 is 29.9 Å². The average molecular weight is 502 g/mol. The summed E-state index contributed by atoms with van der Waals surface area (Å²) in [7, 11) is 11.1. The molecule has 1 unspecified atom stereocenters. The lowest BCUT2D eigenvalue weighted by Gasteiger charge is -2.24. The Hall–Kier alpha value is -2.01. The van der Waals surface area contributed by atoms with Crippen molar-refractivity contribution in [1.29, 1.82) is 0 Å². The highest BCUT2D eigenvalue weighted by Gasteiger charge is 2.16. The second-order valence-corrected chi connectivity index (χ2v) is 6.42. The summed E-state index contributed by atoms with van der Waals surface area (Å²) in [6, 6.07) is 6.05. The summed E-state index contributed by atoms with van der Waals surface area (Å²) >= 11 is 0. The quantitative estimate of drug-likeness (QED) is 0.327. The van der Waals surface area contributed by atoms with E-state index in [1.807, 2.05) is 42.3 Å². The SMILES string of the molecule is CN=C(NCc1ccc(OC)c(OC)c1)NCC(c1cnn(C)c1)N(C)C.I. The van der Waals surface area contributed by atoms with Gasteiger partial charge in [-0.05, 0) is 31.8 Å². The van der Waals surface area contributed by atoms with E-state index in [-0.39, 0.29) is 30.0 Å². The Bertz CT molecular complexity index is 763. The van der Waals surface area contributed by atoms with Crippen LogP contribution >= 0.6 is 24.0 Å². The van der Waals surface area contributed by atoms with E-state index in [1.165, 1.54) is 0 Å². The molecule has 0 amide bonds. The molecule has 0 bridgehead atoms. The molecule has 9 heteroatoms. The zero-order chi connectivity index (χ0) is 19.8. The number of likely N-dealkylation sites (N-methyl/N-ethyl adjacent to an activating group) is 1. The van der Waals surface area contributed by atoms with Crippen LogP contribution in [0.3, 0.4) is 0 Å². The van der Waals surface area contributed by atoms with Crippen LogP contribution in [0.2, 0.25) is 0 Å². The van der Waals surface area contributed by atoms with Gasteiger partial charge in [0.2, 0.25) is 0 Å². The lowest BCUT2D eigenvalue weighted by Crippen LogP contribution is -2.41. The Balaban J connectivity index is 0.00000392. The van der Waals surface area contributed by atoms with Gasteiger partial charge in [0, 0.05) is 38.9 Å². The number of aryl methyl sites for hydroxylation is 1. The molecule has 0 saturated heterocycles. The summed E-state index contributed by atoms with van der Waals surface area (Å²) in [6.45, 7) is 1.34. The van der Waals surface area contributed by atoms with Crippen LogP contribution in [0.4, 0.5) is 0 Å². The lowest BCUT2D eigenvalue weighted by atomic mass is 10.1. The van der Waals surface area contributed by atoms with Crippen LogP contribution in [0.1, 0.15) is 17.2 Å². The van der Waals surface area contributed by atoms with Crippen LogP contribution in [-0.2, 0) is 13.6 Å². The number of hydrogen-bond acceptors (Lipinski definition) is 5. The molecule has 0 aliphatic rings. The summed E-state index contributed by atoms with van der Waals surface area (Å²) in [5, 5.41) is 11.0. The maximum atomic E-state index is 5.35. The smallest absolute Gasteiger partial charge is 0.191 e. The molecule has 28 heavy (non-hydrogen) atoms. The fourth-order valence-corrected chi connectivity index (χ4v) is 2.80. The Morgan fingerprint density at radius 2 is 1.93 bits per heavy atom. The van der Waals surface area contributed by atoms with Crippen LogP contribution in [0.25, 0.3) is 0 Å². The fraction of sp³-hybridized carbons (Fsp3) is 0.474. The first kappa shape index (κ1) is 24.0. The van der Waals surface area contributed by atoms with Crippen LogP contribution in [0.15, 0.2) is 35.6 Å². The van der Waals surface area contributed by atoms with Crippen LogP contribution < -0.4 is 20.1 Å². The van der Waals surface area contributed by atoms with Gasteiger partial charge < -0.3 is 25.0 Å². The largest absolute Gasteiger partial charge is 0.493 e. The monoisotopic (exact) mass is 502 g/mol. The van der Waals surface area contributed by atoms with Crippen molar-refractivity contribution in [3.8, 4) is 11.5 Å². The molecule has 0 radical (unpaired) electrons. The molecular weight excluding hydrogens is 471 g/mol. The molecule has 2 rings (SSSR count). The number of guanidine groups is 1. The number of nitrogens with zero attached hydrogens (tertiary/aromatic N) is 4. The summed E-state index contributed by atoms with van der Waals surface area (Å²) < 4.78 is 12.4. The van der Waals surface area contributed by atoms with Crippen molar-refractivity contribution in [1.82, 2.24) is 25.3 Å². The molecule has 1 heterocycles. The van der Waals surface area contributed by atoms with E-state index in [4.69, 9.17) is 9.47 Å². The highest BCUT2D eigenvalue weighted by Crippen LogP contribution is 2.27. The summed E-state index contributed by atoms with van der Waals surface area (Å²) in [5.41, 5.74) is 2.23. The number of benzene rings is 1. The fourth-order valence-electron chi connectivity index (χ4n) is 2.80. The molecule has 2 aromatic rings. The van der Waals surface area contributed by atoms with Gasteiger partial charge in [0.1, 0.15) is 0 Å². The molecule has 0 aliphatic heterocycles. The highest BCUT2D eigenvalue weighted by atomic mass is 127. The van der Waals surface area contributed by atoms with Gasteiger partial charge in [0.15, 0.2) is 17.5 Å². The molecule has 1 atom stereocenters. The van der Waals surface area contributed by atoms with E-state index in [0.29, 0.717) is 24.6 Å². The molecule has 0 aliphatic carbocycles. The first-order chi connectivity index (χ1) is 13.0. The Labute approximate surface area is 184 Å². The maximum absolute atomic E-state index is 5.35. The van der Waals surface area contributed by atoms with Gasteiger partial charge in [-0.15, -0.1) is 24.0 Å². The van der Waals surface area contributed by atoms with Gasteiger partial charge in [-0.3, -0.25) is 9.67 Å². The topological polar surface area (TPSA) is 75.9 Å². The number of halogens is 1. The van der Waals surface area contributed by atoms with Crippen LogP contribution in [-0.4, -0.2) is 62.5 Å². The molecule has 1 aromatic carbocycles. The summed E-state index contributed by atoms with van der Waals surface area (Å²) in [4.78, 5) is 6.47. The minimum atomic E-state index is 0. The van der Waals surface area contributed by atoms with E-state index in [1.54, 1.807) is 21.3 Å². The first-order valence-electron chi connectivity index (χ1n) is 8.78. The Kier molecular flexibility index (Phi) is 10.1. The van der Waals surface area contributed by atoms with Crippen LogP contribution in [0.5, 0.6) is 11.5 Å². The number of aromatic nitrogens is 2. The van der Waals surface area contributed by atoms with Gasteiger partial charge in [-0.25, -0.2) is 0 Å². The number of rotatable bonds is 8. The molecule has 0 fully saturated rings. The number of hydrogen-bond donors (Lipinski definition) is 2. The molecule has 0 saturated carbocycles. The predicted octanol–water partition coefficient (Wildman–Crippen LogP) is 2.02. The third-order valence-electron chi connectivity index (χ3n) is 4.33. The second kappa shape index (κ2) is 11.7. The molecule has 0 spiro atoms. The van der Waals surface area contributed by atoms with Crippen molar-refractivity contribution in [2.24, 2.45) is 12.0 Å². The summed E-state index contributed by atoms with van der Waals surface area (Å²) in [5.74, 6) is 2.17. The van der Waals surface area contributed by atoms with E-state index in [0.717, 1.165) is 17.1 Å². The van der Waals surface area contributed by atoms with Crippen molar-refractivity contribution in [3.05, 3.63) is 41.7 Å². The van der Waals surface area contributed by atoms with Gasteiger partial charge in [-0.1, -0.05) is 6.07 Å². The number of methoxy groups -OCH3 is 2. The minimum Gasteiger partial charge on any atom is -0.493 e. The standard InChI is InChI=1S/C19H30N6O2.HI/c1-20-19(21-10-14-7-8-17(26-5)18(9-14)27-6)22-12-16(24(2)3)15-11-23-25(4)13-15;/h7-9,11,13,16H,10,12H2,1-6H3,(H2,20,21,22);1H. The van der Waals surface area contributed by atoms with Crippen molar-refractivity contribution in [2.75, 3.05) is 41.9 Å². The second-order valence-electron chi connectivity index (χ2n) is 6.42. The Morgan fingerprint density at radius 3 is 2.46 bits per heavy atom. The maximum Gasteiger partial charge on any atom is 0.191 e. The predicted molar refractivity (Wildman–Crippen MR) is 123 cm³/mol. The van der Waals surface area contributed by atoms with E-state index in [2.05, 4.69) is 39.7 Å². The zero-order valence-corrected chi connectivity index (χ0v) is 19.7. The van der Waals surface area contributed by atoms with Gasteiger partial charge in [-0.2, -0.15) is 5.10 Å².